The first-order valence-corrected chi connectivity index (χ1v) is 10.1. The number of hydrogen-bond acceptors (Lipinski definition) is 4. The summed E-state index contributed by atoms with van der Waals surface area (Å²) in [5.41, 5.74) is 1.59. The molecule has 4 bridgehead atoms. The number of imidazole rings is 1. The van der Waals surface area contributed by atoms with E-state index in [9.17, 15) is 4.79 Å². The van der Waals surface area contributed by atoms with Gasteiger partial charge in [0.25, 0.3) is 0 Å². The SMILES string of the molecule is Cc1nc2sccn2c1C(=S)NC(=O)C12CC3CC(CC(C3)C1)C2. The van der Waals surface area contributed by atoms with E-state index in [0.717, 1.165) is 53.4 Å². The van der Waals surface area contributed by atoms with Crippen LogP contribution in [-0.2, 0) is 4.79 Å². The van der Waals surface area contributed by atoms with Crippen LogP contribution in [0.15, 0.2) is 11.6 Å². The number of carbonyl (C=O) groups excluding carboxylic acids is 1. The van der Waals surface area contributed by atoms with Crippen molar-refractivity contribution < 1.29 is 4.79 Å². The zero-order valence-electron chi connectivity index (χ0n) is 13.7. The molecule has 0 atom stereocenters. The lowest BCUT2D eigenvalue weighted by Gasteiger charge is -2.55. The molecule has 4 aliphatic carbocycles. The van der Waals surface area contributed by atoms with Gasteiger partial charge >= 0.3 is 0 Å². The molecule has 0 saturated heterocycles. The van der Waals surface area contributed by atoms with Gasteiger partial charge in [0, 0.05) is 11.6 Å². The van der Waals surface area contributed by atoms with Gasteiger partial charge in [-0.3, -0.25) is 9.20 Å². The summed E-state index contributed by atoms with van der Waals surface area (Å²) in [6.45, 7) is 1.96. The van der Waals surface area contributed by atoms with Crippen molar-refractivity contribution in [3.63, 3.8) is 0 Å². The van der Waals surface area contributed by atoms with Crippen molar-refractivity contribution in [2.75, 3.05) is 0 Å². The van der Waals surface area contributed by atoms with Crippen LogP contribution in [0.3, 0.4) is 0 Å². The Morgan fingerprint density at radius 2 is 1.92 bits per heavy atom. The van der Waals surface area contributed by atoms with Crippen LogP contribution in [0.5, 0.6) is 0 Å². The molecule has 4 nitrogen and oxygen atoms in total. The molecule has 0 aliphatic heterocycles. The van der Waals surface area contributed by atoms with Gasteiger partial charge in [0.05, 0.1) is 11.1 Å². The molecule has 2 heterocycles. The first kappa shape index (κ1) is 15.0. The summed E-state index contributed by atoms with van der Waals surface area (Å²) >= 11 is 7.18. The second kappa shape index (κ2) is 5.11. The summed E-state index contributed by atoms with van der Waals surface area (Å²) in [5.74, 6) is 2.44. The third kappa shape index (κ3) is 2.12. The third-order valence-corrected chi connectivity index (χ3v) is 7.45. The molecule has 4 fully saturated rings. The molecule has 1 amide bonds. The second-order valence-corrected chi connectivity index (χ2v) is 9.36. The molecule has 4 saturated carbocycles. The van der Waals surface area contributed by atoms with E-state index in [2.05, 4.69) is 10.3 Å². The van der Waals surface area contributed by atoms with Crippen LogP contribution in [0.4, 0.5) is 0 Å². The molecular weight excluding hydrogens is 338 g/mol. The number of hydrogen-bond donors (Lipinski definition) is 1. The fourth-order valence-electron chi connectivity index (χ4n) is 5.85. The Balaban J connectivity index is 1.41. The van der Waals surface area contributed by atoms with Gasteiger partial charge in [0.15, 0.2) is 4.96 Å². The maximum Gasteiger partial charge on any atom is 0.231 e. The lowest BCUT2D eigenvalue weighted by Crippen LogP contribution is -2.54. The van der Waals surface area contributed by atoms with E-state index in [0.29, 0.717) is 4.99 Å². The molecule has 2 aromatic heterocycles. The fourth-order valence-corrected chi connectivity index (χ4v) is 6.95. The minimum absolute atomic E-state index is 0.162. The highest BCUT2D eigenvalue weighted by atomic mass is 32.1. The first-order valence-electron chi connectivity index (χ1n) is 8.82. The van der Waals surface area contributed by atoms with Crippen LogP contribution in [0.2, 0.25) is 0 Å². The summed E-state index contributed by atoms with van der Waals surface area (Å²) in [7, 11) is 0. The van der Waals surface area contributed by atoms with Gasteiger partial charge in [-0.2, -0.15) is 0 Å². The summed E-state index contributed by atoms with van der Waals surface area (Å²) in [6, 6.07) is 0. The Hall–Kier alpha value is -1.27. The predicted molar refractivity (Wildman–Crippen MR) is 98.3 cm³/mol. The zero-order valence-corrected chi connectivity index (χ0v) is 15.4. The molecule has 0 unspecified atom stereocenters. The average Bonchev–Trinajstić information content (AvgIpc) is 3.05. The molecule has 0 aromatic carbocycles. The van der Waals surface area contributed by atoms with Crippen LogP contribution in [0.1, 0.15) is 49.9 Å². The van der Waals surface area contributed by atoms with Crippen LogP contribution >= 0.6 is 23.6 Å². The quantitative estimate of drug-likeness (QED) is 0.832. The van der Waals surface area contributed by atoms with Crippen LogP contribution < -0.4 is 5.32 Å². The summed E-state index contributed by atoms with van der Waals surface area (Å²) in [4.78, 5) is 19.2. The molecule has 6 heteroatoms. The zero-order chi connectivity index (χ0) is 16.5. The Morgan fingerprint density at radius 3 is 2.54 bits per heavy atom. The van der Waals surface area contributed by atoms with Gasteiger partial charge in [0.2, 0.25) is 5.91 Å². The van der Waals surface area contributed by atoms with E-state index < -0.39 is 0 Å². The number of rotatable bonds is 2. The minimum Gasteiger partial charge on any atom is -0.315 e. The van der Waals surface area contributed by atoms with Crippen molar-refractivity contribution in [1.29, 1.82) is 0 Å². The van der Waals surface area contributed by atoms with E-state index in [1.54, 1.807) is 11.3 Å². The highest BCUT2D eigenvalue weighted by Crippen LogP contribution is 2.60. The molecular formula is C18H21N3OS2. The molecule has 24 heavy (non-hydrogen) atoms. The van der Waals surface area contributed by atoms with Crippen LogP contribution in [-0.4, -0.2) is 20.3 Å². The third-order valence-electron chi connectivity index (χ3n) is 6.40. The molecule has 6 rings (SSSR count). The number of thiocarbonyl (C=S) groups is 1. The lowest BCUT2D eigenvalue weighted by atomic mass is 9.49. The number of thiazole rings is 1. The maximum absolute atomic E-state index is 13.2. The van der Waals surface area contributed by atoms with Crippen molar-refractivity contribution in [2.24, 2.45) is 23.2 Å². The Kier molecular flexibility index (Phi) is 3.20. The fraction of sp³-hybridized carbons (Fsp3) is 0.611. The molecule has 4 aliphatic rings. The number of nitrogens with one attached hydrogen (secondary N) is 1. The Morgan fingerprint density at radius 1 is 1.29 bits per heavy atom. The topological polar surface area (TPSA) is 46.4 Å². The van der Waals surface area contributed by atoms with E-state index in [1.807, 2.05) is 22.9 Å². The normalized spacial score (nSPS) is 34.0. The lowest BCUT2D eigenvalue weighted by molar-refractivity contribution is -0.144. The molecule has 126 valence electrons. The van der Waals surface area contributed by atoms with Gasteiger partial charge < -0.3 is 5.32 Å². The summed E-state index contributed by atoms with van der Waals surface area (Å²) < 4.78 is 1.99. The van der Waals surface area contributed by atoms with Gasteiger partial charge in [-0.25, -0.2) is 4.98 Å². The van der Waals surface area contributed by atoms with Crippen molar-refractivity contribution in [2.45, 2.75) is 45.4 Å². The number of fused-ring (bicyclic) bond motifs is 1. The van der Waals surface area contributed by atoms with Gasteiger partial charge in [0.1, 0.15) is 10.7 Å². The van der Waals surface area contributed by atoms with Crippen LogP contribution in [0.25, 0.3) is 4.96 Å². The number of aromatic nitrogens is 2. The largest absolute Gasteiger partial charge is 0.315 e. The van der Waals surface area contributed by atoms with Crippen molar-refractivity contribution in [3.05, 3.63) is 23.0 Å². The van der Waals surface area contributed by atoms with Gasteiger partial charge in [-0.05, 0) is 63.2 Å². The highest BCUT2D eigenvalue weighted by Gasteiger charge is 2.54. The number of nitrogens with zero attached hydrogens (tertiary/aromatic N) is 2. The number of carbonyl (C=O) groups is 1. The molecule has 1 N–H and O–H groups in total. The van der Waals surface area contributed by atoms with Crippen molar-refractivity contribution in [1.82, 2.24) is 14.7 Å². The highest BCUT2D eigenvalue weighted by molar-refractivity contribution is 7.80. The monoisotopic (exact) mass is 359 g/mol. The van der Waals surface area contributed by atoms with E-state index in [1.165, 1.54) is 19.3 Å². The molecule has 2 aromatic rings. The number of aryl methyl sites for hydroxylation is 1. The predicted octanol–water partition coefficient (Wildman–Crippen LogP) is 3.71. The van der Waals surface area contributed by atoms with Crippen molar-refractivity contribution in [3.8, 4) is 0 Å². The number of amides is 1. The first-order chi connectivity index (χ1) is 11.5. The van der Waals surface area contributed by atoms with Gasteiger partial charge in [-0.15, -0.1) is 11.3 Å². The maximum atomic E-state index is 13.2. The smallest absolute Gasteiger partial charge is 0.231 e. The van der Waals surface area contributed by atoms with E-state index >= 15 is 0 Å². The Bertz CT molecular complexity index is 814. The van der Waals surface area contributed by atoms with E-state index in [4.69, 9.17) is 12.2 Å². The minimum atomic E-state index is -0.162. The average molecular weight is 360 g/mol. The van der Waals surface area contributed by atoms with Crippen molar-refractivity contribution >= 4 is 39.4 Å². The molecule has 0 spiro atoms. The standard InChI is InChI=1S/C18H21N3OS2/c1-10-14(21-2-3-24-17(21)19-10)15(23)20-16(22)18-7-11-4-12(8-18)6-13(5-11)9-18/h2-3,11-13H,4-9H2,1H3,(H,20,22,23). The second-order valence-electron chi connectivity index (χ2n) is 8.08. The summed E-state index contributed by atoms with van der Waals surface area (Å²) in [5, 5.41) is 5.09. The summed E-state index contributed by atoms with van der Waals surface area (Å²) in [6.07, 6.45) is 9.18. The Labute approximate surface area is 150 Å². The van der Waals surface area contributed by atoms with E-state index in [-0.39, 0.29) is 11.3 Å². The van der Waals surface area contributed by atoms with Gasteiger partial charge in [-0.1, -0.05) is 12.2 Å². The van der Waals surface area contributed by atoms with Crippen LogP contribution in [0, 0.1) is 30.1 Å². The molecule has 0 radical (unpaired) electrons.